The highest BCUT2D eigenvalue weighted by molar-refractivity contribution is 6.31. The fraction of sp³-hybridized carbons (Fsp3) is 0.125. The van der Waals surface area contributed by atoms with Crippen molar-refractivity contribution in [1.82, 2.24) is 15.6 Å². The van der Waals surface area contributed by atoms with Gasteiger partial charge in [0.15, 0.2) is 5.76 Å². The van der Waals surface area contributed by atoms with Crippen LogP contribution in [0.2, 0.25) is 5.02 Å². The van der Waals surface area contributed by atoms with Crippen molar-refractivity contribution in [2.24, 2.45) is 0 Å². The number of rotatable bonds is 5. The van der Waals surface area contributed by atoms with Crippen LogP contribution in [0, 0.1) is 0 Å². The largest absolute Gasteiger partial charge is 0.459 e. The summed E-state index contributed by atoms with van der Waals surface area (Å²) in [7, 11) is 0. The molecule has 0 radical (unpaired) electrons. The van der Waals surface area contributed by atoms with E-state index in [1.165, 1.54) is 6.26 Å². The van der Waals surface area contributed by atoms with Gasteiger partial charge in [-0.2, -0.15) is 0 Å². The van der Waals surface area contributed by atoms with E-state index in [-0.39, 0.29) is 17.6 Å². The Morgan fingerprint density at radius 2 is 1.87 bits per heavy atom. The Hall–Kier alpha value is -2.73. The van der Waals surface area contributed by atoms with Gasteiger partial charge in [0, 0.05) is 29.0 Å². The van der Waals surface area contributed by atoms with Crippen molar-refractivity contribution in [3.8, 4) is 0 Å². The lowest BCUT2D eigenvalue weighted by molar-refractivity contribution is 0.0909. The lowest BCUT2D eigenvalue weighted by atomic mass is 10.2. The molecule has 2 aromatic heterocycles. The summed E-state index contributed by atoms with van der Waals surface area (Å²) in [5.41, 5.74) is 1.28. The fourth-order valence-electron chi connectivity index (χ4n) is 2.17. The Morgan fingerprint density at radius 3 is 2.61 bits per heavy atom. The maximum Gasteiger partial charge on any atom is 0.287 e. The van der Waals surface area contributed by atoms with Crippen LogP contribution in [0.15, 0.2) is 47.1 Å². The SMILES string of the molecule is O=C(NCCNC(=O)c1ccco1)c1cc2cc(Cl)ccc2[nH]1. The summed E-state index contributed by atoms with van der Waals surface area (Å²) in [6.07, 6.45) is 1.43. The minimum atomic E-state index is -0.315. The molecular formula is C16H14ClN3O3. The molecule has 0 atom stereocenters. The number of carbonyl (C=O) groups excluding carboxylic acids is 2. The number of aromatic amines is 1. The molecule has 0 bridgehead atoms. The number of furan rings is 1. The lowest BCUT2D eigenvalue weighted by Gasteiger charge is -2.05. The van der Waals surface area contributed by atoms with Gasteiger partial charge in [0.05, 0.1) is 6.26 Å². The highest BCUT2D eigenvalue weighted by Gasteiger charge is 2.10. The van der Waals surface area contributed by atoms with Gasteiger partial charge in [0.1, 0.15) is 5.69 Å². The summed E-state index contributed by atoms with van der Waals surface area (Å²) >= 11 is 5.92. The van der Waals surface area contributed by atoms with E-state index in [0.29, 0.717) is 23.8 Å². The number of carbonyl (C=O) groups is 2. The summed E-state index contributed by atoms with van der Waals surface area (Å²) < 4.78 is 4.97. The molecule has 3 aromatic rings. The van der Waals surface area contributed by atoms with Crippen LogP contribution in [0.4, 0.5) is 0 Å². The maximum atomic E-state index is 12.1. The molecule has 0 saturated carbocycles. The average Bonchev–Trinajstić information content (AvgIpc) is 3.19. The normalized spacial score (nSPS) is 10.7. The second-order valence-corrected chi connectivity index (χ2v) is 5.34. The van der Waals surface area contributed by atoms with E-state index in [1.54, 1.807) is 30.3 Å². The highest BCUT2D eigenvalue weighted by Crippen LogP contribution is 2.19. The van der Waals surface area contributed by atoms with Crippen LogP contribution in [0.25, 0.3) is 10.9 Å². The molecule has 6 nitrogen and oxygen atoms in total. The van der Waals surface area contributed by atoms with Crippen molar-refractivity contribution in [1.29, 1.82) is 0 Å². The smallest absolute Gasteiger partial charge is 0.287 e. The number of halogens is 1. The van der Waals surface area contributed by atoms with Crippen molar-refractivity contribution >= 4 is 34.3 Å². The zero-order valence-corrected chi connectivity index (χ0v) is 12.8. The van der Waals surface area contributed by atoms with Gasteiger partial charge in [0.2, 0.25) is 0 Å². The van der Waals surface area contributed by atoms with Gasteiger partial charge in [-0.05, 0) is 36.4 Å². The Bertz CT molecular complexity index is 840. The van der Waals surface area contributed by atoms with Crippen molar-refractivity contribution in [2.75, 3.05) is 13.1 Å². The predicted octanol–water partition coefficient (Wildman–Crippen LogP) is 2.57. The molecule has 118 valence electrons. The van der Waals surface area contributed by atoms with E-state index in [4.69, 9.17) is 16.0 Å². The van der Waals surface area contributed by atoms with Gasteiger partial charge in [0.25, 0.3) is 11.8 Å². The standard InChI is InChI=1S/C16H14ClN3O3/c17-11-3-4-12-10(8-11)9-13(20-12)15(21)18-5-6-19-16(22)14-2-1-7-23-14/h1-4,7-9,20H,5-6H2,(H,18,21)(H,19,22). The third-order valence-corrected chi connectivity index (χ3v) is 3.50. The van der Waals surface area contributed by atoms with Crippen LogP contribution < -0.4 is 10.6 Å². The van der Waals surface area contributed by atoms with Gasteiger partial charge >= 0.3 is 0 Å². The van der Waals surface area contributed by atoms with Crippen molar-refractivity contribution in [3.63, 3.8) is 0 Å². The second-order valence-electron chi connectivity index (χ2n) is 4.90. The molecule has 0 aliphatic heterocycles. The number of amides is 2. The molecule has 1 aromatic carbocycles. The van der Waals surface area contributed by atoms with Crippen molar-refractivity contribution < 1.29 is 14.0 Å². The van der Waals surface area contributed by atoms with E-state index in [0.717, 1.165) is 10.9 Å². The minimum absolute atomic E-state index is 0.240. The van der Waals surface area contributed by atoms with Gasteiger partial charge in [-0.15, -0.1) is 0 Å². The van der Waals surface area contributed by atoms with E-state index >= 15 is 0 Å². The number of benzene rings is 1. The van der Waals surface area contributed by atoms with E-state index < -0.39 is 0 Å². The molecule has 7 heteroatoms. The molecule has 0 aliphatic rings. The Kier molecular flexibility index (Phi) is 4.34. The second kappa shape index (κ2) is 6.58. The number of hydrogen-bond donors (Lipinski definition) is 3. The van der Waals surface area contributed by atoms with E-state index in [9.17, 15) is 9.59 Å². The highest BCUT2D eigenvalue weighted by atomic mass is 35.5. The molecular weight excluding hydrogens is 318 g/mol. The summed E-state index contributed by atoms with van der Waals surface area (Å²) in [4.78, 5) is 26.7. The number of aromatic nitrogens is 1. The van der Waals surface area contributed by atoms with Gasteiger partial charge in [-0.3, -0.25) is 9.59 Å². The van der Waals surface area contributed by atoms with Crippen LogP contribution in [-0.4, -0.2) is 29.9 Å². The van der Waals surface area contributed by atoms with Gasteiger partial charge < -0.3 is 20.0 Å². The molecule has 3 rings (SSSR count). The number of nitrogens with one attached hydrogen (secondary N) is 3. The van der Waals surface area contributed by atoms with Crippen LogP contribution in [0.3, 0.4) is 0 Å². The molecule has 23 heavy (non-hydrogen) atoms. The van der Waals surface area contributed by atoms with E-state index in [1.807, 2.05) is 6.07 Å². The number of H-pyrrole nitrogens is 1. The third-order valence-electron chi connectivity index (χ3n) is 3.27. The molecule has 2 amide bonds. The van der Waals surface area contributed by atoms with Gasteiger partial charge in [-0.25, -0.2) is 0 Å². The lowest BCUT2D eigenvalue weighted by Crippen LogP contribution is -2.34. The first kappa shape index (κ1) is 15.2. The van der Waals surface area contributed by atoms with E-state index in [2.05, 4.69) is 15.6 Å². The molecule has 0 aliphatic carbocycles. The summed E-state index contributed by atoms with van der Waals surface area (Å²) in [6.45, 7) is 0.610. The van der Waals surface area contributed by atoms with Crippen molar-refractivity contribution in [3.05, 3.63) is 59.1 Å². The summed E-state index contributed by atoms with van der Waals surface area (Å²) in [6, 6.07) is 10.3. The summed E-state index contributed by atoms with van der Waals surface area (Å²) in [5, 5.41) is 6.86. The molecule has 0 saturated heterocycles. The molecule has 2 heterocycles. The first-order valence-electron chi connectivity index (χ1n) is 7.01. The first-order chi connectivity index (χ1) is 11.1. The third kappa shape index (κ3) is 3.54. The zero-order chi connectivity index (χ0) is 16.2. The molecule has 3 N–H and O–H groups in total. The van der Waals surface area contributed by atoms with Crippen LogP contribution in [0.1, 0.15) is 21.0 Å². The quantitative estimate of drug-likeness (QED) is 0.628. The molecule has 0 fully saturated rings. The molecule has 0 spiro atoms. The predicted molar refractivity (Wildman–Crippen MR) is 86.7 cm³/mol. The summed E-state index contributed by atoms with van der Waals surface area (Å²) in [5.74, 6) is -0.321. The van der Waals surface area contributed by atoms with Crippen molar-refractivity contribution in [2.45, 2.75) is 0 Å². The zero-order valence-electron chi connectivity index (χ0n) is 12.1. The molecule has 0 unspecified atom stereocenters. The Balaban J connectivity index is 1.51. The monoisotopic (exact) mass is 331 g/mol. The maximum absolute atomic E-state index is 12.1. The number of fused-ring (bicyclic) bond motifs is 1. The first-order valence-corrected chi connectivity index (χ1v) is 7.39. The average molecular weight is 332 g/mol. The van der Waals surface area contributed by atoms with Gasteiger partial charge in [-0.1, -0.05) is 11.6 Å². The van der Waals surface area contributed by atoms with Crippen LogP contribution >= 0.6 is 11.6 Å². The Labute approximate surface area is 136 Å². The minimum Gasteiger partial charge on any atom is -0.459 e. The number of hydrogen-bond acceptors (Lipinski definition) is 3. The van der Waals surface area contributed by atoms with Crippen LogP contribution in [-0.2, 0) is 0 Å². The topological polar surface area (TPSA) is 87.1 Å². The fourth-order valence-corrected chi connectivity index (χ4v) is 2.35. The van der Waals surface area contributed by atoms with Crippen LogP contribution in [0.5, 0.6) is 0 Å². The Morgan fingerprint density at radius 1 is 1.09 bits per heavy atom.